The number of H-pyrrole nitrogens is 1. The van der Waals surface area contributed by atoms with Gasteiger partial charge in [0.2, 0.25) is 0 Å². The summed E-state index contributed by atoms with van der Waals surface area (Å²) in [5.41, 5.74) is 1.69. The number of aromatic amines is 1. The minimum absolute atomic E-state index is 0.0829. The quantitative estimate of drug-likeness (QED) is 0.454. The van der Waals surface area contributed by atoms with Gasteiger partial charge in [0, 0.05) is 48.2 Å². The molecular formula is C23H24N6O2S2. The van der Waals surface area contributed by atoms with Crippen molar-refractivity contribution in [2.75, 3.05) is 26.2 Å². The van der Waals surface area contributed by atoms with E-state index >= 15 is 0 Å². The topological polar surface area (TPSA) is 94.2 Å². The highest BCUT2D eigenvalue weighted by Gasteiger charge is 2.23. The Hall–Kier alpha value is -3.08. The maximum atomic E-state index is 12.8. The molecule has 0 spiro atoms. The summed E-state index contributed by atoms with van der Waals surface area (Å²) in [6.45, 7) is 5.17. The number of urea groups is 1. The number of rotatable bonds is 5. The molecule has 1 saturated heterocycles. The molecule has 1 atom stereocenters. The number of carbonyl (C=O) groups is 1. The first kappa shape index (κ1) is 21.7. The van der Waals surface area contributed by atoms with Gasteiger partial charge in [-0.15, -0.1) is 22.7 Å². The molecule has 5 heterocycles. The Morgan fingerprint density at radius 1 is 1.18 bits per heavy atom. The zero-order valence-electron chi connectivity index (χ0n) is 18.2. The minimum atomic E-state index is -0.150. The normalized spacial score (nSPS) is 15.6. The van der Waals surface area contributed by atoms with Crippen LogP contribution in [-0.4, -0.2) is 57.0 Å². The Labute approximate surface area is 198 Å². The molecule has 4 aromatic rings. The van der Waals surface area contributed by atoms with E-state index in [0.717, 1.165) is 34.1 Å². The molecule has 33 heavy (non-hydrogen) atoms. The van der Waals surface area contributed by atoms with Crippen molar-refractivity contribution < 1.29 is 4.79 Å². The molecule has 1 fully saturated rings. The van der Waals surface area contributed by atoms with Crippen LogP contribution in [0.5, 0.6) is 0 Å². The smallest absolute Gasteiger partial charge is 0.318 e. The van der Waals surface area contributed by atoms with Crippen molar-refractivity contribution in [1.82, 2.24) is 30.1 Å². The Morgan fingerprint density at radius 3 is 2.76 bits per heavy atom. The highest BCUT2D eigenvalue weighted by molar-refractivity contribution is 7.18. The molecule has 1 unspecified atom stereocenters. The summed E-state index contributed by atoms with van der Waals surface area (Å²) in [6.07, 6.45) is 1.73. The third-order valence-electron chi connectivity index (χ3n) is 5.78. The van der Waals surface area contributed by atoms with Crippen LogP contribution in [0.1, 0.15) is 24.5 Å². The largest absolute Gasteiger partial charge is 0.330 e. The summed E-state index contributed by atoms with van der Waals surface area (Å²) in [6, 6.07) is 9.45. The van der Waals surface area contributed by atoms with E-state index in [1.165, 1.54) is 11.3 Å². The van der Waals surface area contributed by atoms with Crippen molar-refractivity contribution in [2.45, 2.75) is 19.5 Å². The average Bonchev–Trinajstić information content (AvgIpc) is 3.50. The summed E-state index contributed by atoms with van der Waals surface area (Å²) in [4.78, 5) is 43.3. The van der Waals surface area contributed by atoms with Crippen molar-refractivity contribution in [3.05, 3.63) is 69.2 Å². The number of amides is 2. The van der Waals surface area contributed by atoms with E-state index in [0.29, 0.717) is 30.8 Å². The van der Waals surface area contributed by atoms with Crippen LogP contribution >= 0.6 is 22.7 Å². The van der Waals surface area contributed by atoms with E-state index in [-0.39, 0.29) is 17.6 Å². The van der Waals surface area contributed by atoms with Gasteiger partial charge in [0.15, 0.2) is 0 Å². The van der Waals surface area contributed by atoms with Crippen LogP contribution in [-0.2, 0) is 6.54 Å². The van der Waals surface area contributed by atoms with Crippen LogP contribution in [0.4, 0.5) is 4.79 Å². The predicted molar refractivity (Wildman–Crippen MR) is 132 cm³/mol. The van der Waals surface area contributed by atoms with Gasteiger partial charge in [-0.2, -0.15) is 0 Å². The van der Waals surface area contributed by atoms with Crippen LogP contribution in [0.15, 0.2) is 52.1 Å². The van der Waals surface area contributed by atoms with Crippen molar-refractivity contribution in [3.63, 3.8) is 0 Å². The Morgan fingerprint density at radius 2 is 2.03 bits per heavy atom. The zero-order valence-corrected chi connectivity index (χ0v) is 19.8. The van der Waals surface area contributed by atoms with Crippen LogP contribution in [0, 0.1) is 0 Å². The standard InChI is InChI=1S/C23H24N6O2S2/c1-15(17-5-2-3-7-24-17)25-23(31)29-10-8-28(9-11-29)13-19-26-21(30)20-16(14-33-22(20)27-19)18-6-4-12-32-18/h2-7,12,14-15H,8-11,13H2,1H3,(H,25,31)(H,26,27,30). The van der Waals surface area contributed by atoms with Gasteiger partial charge in [-0.1, -0.05) is 12.1 Å². The lowest BCUT2D eigenvalue weighted by Gasteiger charge is -2.34. The lowest BCUT2D eigenvalue weighted by atomic mass is 10.2. The number of hydrogen-bond acceptors (Lipinski definition) is 7. The second-order valence-corrected chi connectivity index (χ2v) is 9.81. The summed E-state index contributed by atoms with van der Waals surface area (Å²) >= 11 is 3.12. The molecule has 10 heteroatoms. The van der Waals surface area contributed by atoms with E-state index in [1.54, 1.807) is 17.5 Å². The predicted octanol–water partition coefficient (Wildman–Crippen LogP) is 3.70. The Bertz CT molecular complexity index is 1290. The van der Waals surface area contributed by atoms with Crippen LogP contribution in [0.25, 0.3) is 20.7 Å². The molecule has 0 radical (unpaired) electrons. The second kappa shape index (κ2) is 9.42. The molecule has 2 N–H and O–H groups in total. The monoisotopic (exact) mass is 480 g/mol. The first-order valence-electron chi connectivity index (χ1n) is 10.8. The number of thiophene rings is 2. The Kier molecular flexibility index (Phi) is 6.21. The highest BCUT2D eigenvalue weighted by atomic mass is 32.1. The fraction of sp³-hybridized carbons (Fsp3) is 0.304. The molecule has 8 nitrogen and oxygen atoms in total. The van der Waals surface area contributed by atoms with E-state index in [1.807, 2.05) is 52.9 Å². The third-order valence-corrected chi connectivity index (χ3v) is 7.56. The molecule has 1 aliphatic rings. The summed E-state index contributed by atoms with van der Waals surface area (Å²) < 4.78 is 0. The van der Waals surface area contributed by atoms with E-state index in [4.69, 9.17) is 4.98 Å². The summed E-state index contributed by atoms with van der Waals surface area (Å²) in [7, 11) is 0. The molecule has 0 bridgehead atoms. The number of aromatic nitrogens is 3. The van der Waals surface area contributed by atoms with Gasteiger partial charge in [0.05, 0.1) is 23.7 Å². The van der Waals surface area contributed by atoms with Gasteiger partial charge in [0.1, 0.15) is 10.7 Å². The molecular weight excluding hydrogens is 456 g/mol. The Balaban J connectivity index is 1.20. The van der Waals surface area contributed by atoms with Gasteiger partial charge in [-0.05, 0) is 30.5 Å². The molecule has 0 aliphatic carbocycles. The van der Waals surface area contributed by atoms with Crippen LogP contribution < -0.4 is 10.9 Å². The maximum Gasteiger partial charge on any atom is 0.318 e. The van der Waals surface area contributed by atoms with E-state index in [9.17, 15) is 9.59 Å². The molecule has 170 valence electrons. The minimum Gasteiger partial charge on any atom is -0.330 e. The molecule has 0 saturated carbocycles. The van der Waals surface area contributed by atoms with Gasteiger partial charge >= 0.3 is 6.03 Å². The van der Waals surface area contributed by atoms with E-state index in [2.05, 4.69) is 20.2 Å². The molecule has 0 aromatic carbocycles. The van der Waals surface area contributed by atoms with Crippen molar-refractivity contribution in [3.8, 4) is 10.4 Å². The first-order chi connectivity index (χ1) is 16.1. The number of piperazine rings is 1. The van der Waals surface area contributed by atoms with Gasteiger partial charge < -0.3 is 15.2 Å². The lowest BCUT2D eigenvalue weighted by Crippen LogP contribution is -2.52. The van der Waals surface area contributed by atoms with Crippen LogP contribution in [0.2, 0.25) is 0 Å². The molecule has 1 aliphatic heterocycles. The molecule has 5 rings (SSSR count). The fourth-order valence-electron chi connectivity index (χ4n) is 3.98. The summed E-state index contributed by atoms with van der Waals surface area (Å²) in [5.74, 6) is 0.661. The van der Waals surface area contributed by atoms with Gasteiger partial charge in [-0.25, -0.2) is 9.78 Å². The first-order valence-corrected chi connectivity index (χ1v) is 12.6. The van der Waals surface area contributed by atoms with Crippen molar-refractivity contribution >= 4 is 38.9 Å². The lowest BCUT2D eigenvalue weighted by molar-refractivity contribution is 0.132. The average molecular weight is 481 g/mol. The highest BCUT2D eigenvalue weighted by Crippen LogP contribution is 2.33. The zero-order chi connectivity index (χ0) is 22.8. The summed E-state index contributed by atoms with van der Waals surface area (Å²) in [5, 5.41) is 7.70. The second-order valence-electron chi connectivity index (χ2n) is 8.01. The number of nitrogens with one attached hydrogen (secondary N) is 2. The van der Waals surface area contributed by atoms with Crippen molar-refractivity contribution in [2.24, 2.45) is 0 Å². The van der Waals surface area contributed by atoms with Gasteiger partial charge in [-0.3, -0.25) is 14.7 Å². The number of hydrogen-bond donors (Lipinski definition) is 2. The van der Waals surface area contributed by atoms with Crippen LogP contribution in [0.3, 0.4) is 0 Å². The number of nitrogens with zero attached hydrogens (tertiary/aromatic N) is 4. The third kappa shape index (κ3) is 4.68. The SMILES string of the molecule is CC(NC(=O)N1CCN(Cc2nc3scc(-c4cccs4)c3c(=O)[nH]2)CC1)c1ccccn1. The molecule has 4 aromatic heterocycles. The van der Waals surface area contributed by atoms with Gasteiger partial charge in [0.25, 0.3) is 5.56 Å². The number of fused-ring (bicyclic) bond motifs is 1. The maximum absolute atomic E-state index is 12.8. The van der Waals surface area contributed by atoms with E-state index < -0.39 is 0 Å². The van der Waals surface area contributed by atoms with Crippen molar-refractivity contribution in [1.29, 1.82) is 0 Å². The fourth-order valence-corrected chi connectivity index (χ4v) is 5.77. The molecule has 2 amide bonds. The number of carbonyl (C=O) groups excluding carboxylic acids is 1. The number of pyridine rings is 1.